The smallest absolute Gasteiger partial charge is 0.351 e. The van der Waals surface area contributed by atoms with Gasteiger partial charge in [0.2, 0.25) is 9.84 Å². The summed E-state index contributed by atoms with van der Waals surface area (Å²) in [4.78, 5) is 9.07. The molecule has 1 amide bonds. The lowest BCUT2D eigenvalue weighted by molar-refractivity contribution is -0.140. The monoisotopic (exact) mass is 352 g/mol. The lowest BCUT2D eigenvalue weighted by atomic mass is 10.1. The molecule has 0 spiro atoms. The molecular formula is C13H15F3N2O4S. The highest BCUT2D eigenvalue weighted by Crippen LogP contribution is 2.37. The number of halogens is 3. The van der Waals surface area contributed by atoms with Gasteiger partial charge in [-0.15, -0.1) is 0 Å². The fourth-order valence-corrected chi connectivity index (χ4v) is 4.30. The Morgan fingerprint density at radius 3 is 2.52 bits per heavy atom. The molecule has 23 heavy (non-hydrogen) atoms. The van der Waals surface area contributed by atoms with Crippen molar-refractivity contribution in [3.63, 3.8) is 0 Å². The van der Waals surface area contributed by atoms with Gasteiger partial charge < -0.3 is 4.74 Å². The molecule has 1 aromatic rings. The van der Waals surface area contributed by atoms with Crippen LogP contribution in [0, 0.1) is 0 Å². The molecule has 1 aliphatic heterocycles. The highest BCUT2D eigenvalue weighted by atomic mass is 32.2. The summed E-state index contributed by atoms with van der Waals surface area (Å²) in [5, 5.41) is 0. The van der Waals surface area contributed by atoms with Crippen molar-refractivity contribution in [2.24, 2.45) is 5.84 Å². The average Bonchev–Trinajstić information content (AvgIpc) is 2.54. The van der Waals surface area contributed by atoms with Crippen LogP contribution < -0.4 is 11.3 Å². The van der Waals surface area contributed by atoms with Crippen LogP contribution in [-0.4, -0.2) is 25.9 Å². The Kier molecular flexibility index (Phi) is 4.69. The molecule has 6 nitrogen and oxygen atoms in total. The van der Waals surface area contributed by atoms with E-state index in [1.807, 2.05) is 0 Å². The van der Waals surface area contributed by atoms with Gasteiger partial charge in [0.1, 0.15) is 0 Å². The molecule has 1 saturated heterocycles. The number of benzene rings is 1. The second-order valence-electron chi connectivity index (χ2n) is 5.06. The maximum absolute atomic E-state index is 12.8. The predicted octanol–water partition coefficient (Wildman–Crippen LogP) is 1.37. The minimum Gasteiger partial charge on any atom is -0.351 e. The van der Waals surface area contributed by atoms with Crippen molar-refractivity contribution in [2.45, 2.75) is 35.3 Å². The summed E-state index contributed by atoms with van der Waals surface area (Å²) in [7, 11) is -4.53. The SMILES string of the molecule is NNC(=O)C1(S(=O)(=O)c2cccc(C(F)(F)F)c2)CCCCO1. The lowest BCUT2D eigenvalue weighted by Crippen LogP contribution is -2.57. The number of nitrogens with two attached hydrogens (primary N) is 1. The van der Waals surface area contributed by atoms with E-state index in [4.69, 9.17) is 10.6 Å². The van der Waals surface area contributed by atoms with Crippen LogP contribution in [0.4, 0.5) is 13.2 Å². The van der Waals surface area contributed by atoms with Crippen molar-refractivity contribution in [2.75, 3.05) is 6.61 Å². The number of hydrogen-bond donors (Lipinski definition) is 2. The number of amides is 1. The second kappa shape index (κ2) is 6.10. The lowest BCUT2D eigenvalue weighted by Gasteiger charge is -2.34. The van der Waals surface area contributed by atoms with E-state index in [1.165, 1.54) is 0 Å². The quantitative estimate of drug-likeness (QED) is 0.486. The topological polar surface area (TPSA) is 98.5 Å². The van der Waals surface area contributed by atoms with Crippen LogP contribution in [-0.2, 0) is 25.5 Å². The number of hydrazine groups is 1. The maximum atomic E-state index is 12.8. The molecule has 1 aromatic carbocycles. The third-order valence-electron chi connectivity index (χ3n) is 3.62. The van der Waals surface area contributed by atoms with Crippen LogP contribution in [0.3, 0.4) is 0 Å². The van der Waals surface area contributed by atoms with E-state index >= 15 is 0 Å². The maximum Gasteiger partial charge on any atom is 0.416 e. The molecule has 1 atom stereocenters. The third-order valence-corrected chi connectivity index (χ3v) is 5.87. The molecule has 2 rings (SSSR count). The van der Waals surface area contributed by atoms with Gasteiger partial charge >= 0.3 is 6.18 Å². The Labute approximate surface area is 130 Å². The zero-order valence-corrected chi connectivity index (χ0v) is 12.7. The highest BCUT2D eigenvalue weighted by Gasteiger charge is 2.53. The van der Waals surface area contributed by atoms with E-state index < -0.39 is 37.3 Å². The van der Waals surface area contributed by atoms with Gasteiger partial charge in [0.15, 0.2) is 0 Å². The fraction of sp³-hybridized carbons (Fsp3) is 0.462. The first kappa shape index (κ1) is 17.7. The van der Waals surface area contributed by atoms with E-state index in [0.29, 0.717) is 18.9 Å². The Morgan fingerprint density at radius 2 is 2.00 bits per heavy atom. The Morgan fingerprint density at radius 1 is 1.30 bits per heavy atom. The number of alkyl halides is 3. The van der Waals surface area contributed by atoms with Crippen molar-refractivity contribution in [1.29, 1.82) is 0 Å². The molecule has 10 heteroatoms. The average molecular weight is 352 g/mol. The number of hydrogen-bond acceptors (Lipinski definition) is 5. The van der Waals surface area contributed by atoms with Gasteiger partial charge in [0.25, 0.3) is 10.8 Å². The zero-order valence-electron chi connectivity index (χ0n) is 11.9. The molecule has 0 bridgehead atoms. The first-order valence-electron chi connectivity index (χ1n) is 6.72. The summed E-state index contributed by atoms with van der Waals surface area (Å²) in [6.07, 6.45) is -3.99. The van der Waals surface area contributed by atoms with E-state index in [-0.39, 0.29) is 13.0 Å². The number of sulfone groups is 1. The van der Waals surface area contributed by atoms with Crippen LogP contribution in [0.2, 0.25) is 0 Å². The summed E-state index contributed by atoms with van der Waals surface area (Å²) in [6, 6.07) is 3.19. The first-order chi connectivity index (χ1) is 10.6. The van der Waals surface area contributed by atoms with Crippen molar-refractivity contribution < 1.29 is 31.1 Å². The summed E-state index contributed by atoms with van der Waals surface area (Å²) >= 11 is 0. The highest BCUT2D eigenvalue weighted by molar-refractivity contribution is 7.93. The summed E-state index contributed by atoms with van der Waals surface area (Å²) < 4.78 is 69.1. The minimum atomic E-state index is -4.71. The Hall–Kier alpha value is -1.65. The fourth-order valence-electron chi connectivity index (χ4n) is 2.42. The number of carbonyl (C=O) groups is 1. The standard InChI is InChI=1S/C13H15F3N2O4S/c14-13(15,16)9-4-3-5-10(8-9)23(20,21)12(11(19)18-17)6-1-2-7-22-12/h3-5,8H,1-2,6-7,17H2,(H,18,19). The largest absolute Gasteiger partial charge is 0.416 e. The number of carbonyl (C=O) groups excluding carboxylic acids is 1. The van der Waals surface area contributed by atoms with Crippen molar-refractivity contribution in [3.05, 3.63) is 29.8 Å². The van der Waals surface area contributed by atoms with Gasteiger partial charge in [-0.1, -0.05) is 6.07 Å². The van der Waals surface area contributed by atoms with Gasteiger partial charge in [-0.25, -0.2) is 14.3 Å². The Balaban J connectivity index is 2.57. The summed E-state index contributed by atoms with van der Waals surface area (Å²) in [6.45, 7) is -0.00832. The molecule has 3 N–H and O–H groups in total. The Bertz CT molecular complexity index is 697. The molecule has 128 valence electrons. The molecular weight excluding hydrogens is 337 g/mol. The summed E-state index contributed by atoms with van der Waals surface area (Å²) in [5.74, 6) is 3.94. The molecule has 0 saturated carbocycles. The van der Waals surface area contributed by atoms with Crippen LogP contribution in [0.5, 0.6) is 0 Å². The molecule has 1 aliphatic rings. The van der Waals surface area contributed by atoms with E-state index in [1.54, 1.807) is 5.43 Å². The normalized spacial score (nSPS) is 22.6. The van der Waals surface area contributed by atoms with Gasteiger partial charge in [0.05, 0.1) is 10.5 Å². The van der Waals surface area contributed by atoms with Crippen LogP contribution in [0.1, 0.15) is 24.8 Å². The summed E-state index contributed by atoms with van der Waals surface area (Å²) in [5.41, 5.74) is 0.604. The second-order valence-corrected chi connectivity index (χ2v) is 7.20. The molecule has 0 aromatic heterocycles. The van der Waals surface area contributed by atoms with Crippen molar-refractivity contribution >= 4 is 15.7 Å². The van der Waals surface area contributed by atoms with Crippen LogP contribution in [0.15, 0.2) is 29.2 Å². The van der Waals surface area contributed by atoms with Crippen LogP contribution in [0.25, 0.3) is 0 Å². The van der Waals surface area contributed by atoms with Gasteiger partial charge in [-0.3, -0.25) is 10.2 Å². The van der Waals surface area contributed by atoms with E-state index in [9.17, 15) is 26.4 Å². The van der Waals surface area contributed by atoms with Crippen molar-refractivity contribution in [1.82, 2.24) is 5.43 Å². The predicted molar refractivity (Wildman–Crippen MR) is 73.5 cm³/mol. The molecule has 0 aliphatic carbocycles. The van der Waals surface area contributed by atoms with Crippen LogP contribution >= 0.6 is 0 Å². The molecule has 1 fully saturated rings. The third kappa shape index (κ3) is 3.06. The van der Waals surface area contributed by atoms with Crippen molar-refractivity contribution in [3.8, 4) is 0 Å². The number of rotatable bonds is 3. The molecule has 0 radical (unpaired) electrons. The van der Waals surface area contributed by atoms with E-state index in [2.05, 4.69) is 0 Å². The van der Waals surface area contributed by atoms with Gasteiger partial charge in [-0.05, 0) is 31.0 Å². The van der Waals surface area contributed by atoms with Gasteiger partial charge in [-0.2, -0.15) is 13.2 Å². The van der Waals surface area contributed by atoms with E-state index in [0.717, 1.165) is 18.2 Å². The number of nitrogens with one attached hydrogen (secondary N) is 1. The minimum absolute atomic E-state index is 0.00832. The number of ether oxygens (including phenoxy) is 1. The zero-order chi connectivity index (χ0) is 17.3. The molecule has 1 unspecified atom stereocenters. The molecule has 1 heterocycles. The van der Waals surface area contributed by atoms with Gasteiger partial charge in [0, 0.05) is 13.0 Å². The first-order valence-corrected chi connectivity index (χ1v) is 8.20.